The molecule has 7 heteroatoms. The molecule has 1 N–H and O–H groups in total. The number of amides is 1. The second-order valence-corrected chi connectivity index (χ2v) is 6.32. The van der Waals surface area contributed by atoms with Crippen molar-refractivity contribution >= 4 is 5.91 Å². The highest BCUT2D eigenvalue weighted by Crippen LogP contribution is 2.07. The summed E-state index contributed by atoms with van der Waals surface area (Å²) in [4.78, 5) is 18.2. The van der Waals surface area contributed by atoms with Gasteiger partial charge in [-0.2, -0.15) is 9.90 Å². The molecule has 0 spiro atoms. The molecule has 0 aliphatic rings. The average Bonchev–Trinajstić information content (AvgIpc) is 3.40. The van der Waals surface area contributed by atoms with Crippen LogP contribution in [-0.4, -0.2) is 37.0 Å². The Balaban J connectivity index is 1.33. The van der Waals surface area contributed by atoms with Crippen LogP contribution in [-0.2, 0) is 13.0 Å². The Morgan fingerprint density at radius 2 is 1.75 bits per heavy atom. The predicted octanol–water partition coefficient (Wildman–Crippen LogP) is 2.48. The maximum Gasteiger partial charge on any atom is 0.273 e. The van der Waals surface area contributed by atoms with E-state index in [0.717, 1.165) is 18.1 Å². The highest BCUT2D eigenvalue weighted by atomic mass is 16.2. The summed E-state index contributed by atoms with van der Waals surface area (Å²) in [6.45, 7) is 1.23. The van der Waals surface area contributed by atoms with Crippen molar-refractivity contribution in [3.63, 3.8) is 0 Å². The Labute approximate surface area is 162 Å². The molecule has 0 radical (unpaired) electrons. The van der Waals surface area contributed by atoms with E-state index in [4.69, 9.17) is 0 Å². The fourth-order valence-corrected chi connectivity index (χ4v) is 2.92. The maximum atomic E-state index is 12.3. The molecular weight excluding hydrogens is 352 g/mol. The van der Waals surface area contributed by atoms with Crippen molar-refractivity contribution in [2.24, 2.45) is 0 Å². The van der Waals surface area contributed by atoms with E-state index in [1.54, 1.807) is 6.20 Å². The van der Waals surface area contributed by atoms with E-state index in [9.17, 15) is 4.79 Å². The summed E-state index contributed by atoms with van der Waals surface area (Å²) < 4.78 is 2.09. The second-order valence-electron chi connectivity index (χ2n) is 6.32. The minimum atomic E-state index is -0.247. The van der Waals surface area contributed by atoms with Gasteiger partial charge in [0.15, 0.2) is 5.69 Å². The Hall–Kier alpha value is -3.74. The van der Waals surface area contributed by atoms with Crippen LogP contribution in [0.25, 0.3) is 5.69 Å². The molecule has 0 saturated carbocycles. The molecule has 4 aromatic rings. The van der Waals surface area contributed by atoms with E-state index in [0.29, 0.717) is 13.0 Å². The number of aromatic nitrogens is 5. The van der Waals surface area contributed by atoms with Crippen LogP contribution in [0.4, 0.5) is 0 Å². The third-order valence-electron chi connectivity index (χ3n) is 4.34. The summed E-state index contributed by atoms with van der Waals surface area (Å²) in [7, 11) is 0. The van der Waals surface area contributed by atoms with Gasteiger partial charge < -0.3 is 9.88 Å². The number of imidazole rings is 1. The minimum absolute atomic E-state index is 0.247. The normalized spacial score (nSPS) is 10.7. The van der Waals surface area contributed by atoms with Crippen LogP contribution >= 0.6 is 0 Å². The van der Waals surface area contributed by atoms with Gasteiger partial charge in [0, 0.05) is 31.9 Å². The monoisotopic (exact) mass is 372 g/mol. The molecule has 7 nitrogen and oxygen atoms in total. The number of hydrogen-bond donors (Lipinski definition) is 1. The van der Waals surface area contributed by atoms with Crippen LogP contribution < -0.4 is 5.32 Å². The smallest absolute Gasteiger partial charge is 0.273 e. The van der Waals surface area contributed by atoms with Crippen molar-refractivity contribution in [2.45, 2.75) is 13.0 Å². The zero-order valence-corrected chi connectivity index (χ0v) is 15.3. The lowest BCUT2D eigenvalue weighted by molar-refractivity contribution is 0.0948. The lowest BCUT2D eigenvalue weighted by Gasteiger charge is -2.08. The van der Waals surface area contributed by atoms with E-state index < -0.39 is 0 Å². The van der Waals surface area contributed by atoms with Gasteiger partial charge in [-0.05, 0) is 17.7 Å². The number of nitrogens with zero attached hydrogens (tertiary/aromatic N) is 5. The number of hydrogen-bond acceptors (Lipinski definition) is 4. The topological polar surface area (TPSA) is 77.6 Å². The first kappa shape index (κ1) is 17.7. The number of carbonyl (C=O) groups excluding carboxylic acids is 1. The summed E-state index contributed by atoms with van der Waals surface area (Å²) in [6.07, 6.45) is 5.85. The Bertz CT molecular complexity index is 1040. The van der Waals surface area contributed by atoms with Gasteiger partial charge in [0.05, 0.1) is 11.9 Å². The predicted molar refractivity (Wildman–Crippen MR) is 105 cm³/mol. The van der Waals surface area contributed by atoms with Gasteiger partial charge in [-0.1, -0.05) is 48.5 Å². The molecular formula is C21H20N6O. The molecule has 28 heavy (non-hydrogen) atoms. The lowest BCUT2D eigenvalue weighted by Crippen LogP contribution is -2.27. The van der Waals surface area contributed by atoms with Crippen molar-refractivity contribution in [3.8, 4) is 5.69 Å². The second kappa shape index (κ2) is 8.30. The van der Waals surface area contributed by atoms with Gasteiger partial charge >= 0.3 is 0 Å². The maximum absolute atomic E-state index is 12.3. The van der Waals surface area contributed by atoms with Crippen molar-refractivity contribution < 1.29 is 4.79 Å². The number of nitrogens with one attached hydrogen (secondary N) is 1. The minimum Gasteiger partial charge on any atom is -0.350 e. The lowest BCUT2D eigenvalue weighted by atomic mass is 10.2. The van der Waals surface area contributed by atoms with Crippen molar-refractivity contribution in [1.82, 2.24) is 29.9 Å². The third kappa shape index (κ3) is 4.15. The summed E-state index contributed by atoms with van der Waals surface area (Å²) in [5, 5.41) is 11.3. The number of benzene rings is 2. The highest BCUT2D eigenvalue weighted by molar-refractivity contribution is 5.91. The average molecular weight is 372 g/mol. The molecule has 0 bridgehead atoms. The molecule has 2 aromatic heterocycles. The fourth-order valence-electron chi connectivity index (χ4n) is 2.92. The molecule has 140 valence electrons. The van der Waals surface area contributed by atoms with Crippen LogP contribution in [0.3, 0.4) is 0 Å². The SMILES string of the molecule is O=C(NCCc1nccn1Cc1ccccc1)c1cnn(-c2ccccc2)n1. The van der Waals surface area contributed by atoms with Crippen LogP contribution in [0, 0.1) is 0 Å². The molecule has 0 unspecified atom stereocenters. The van der Waals surface area contributed by atoms with Gasteiger partial charge in [-0.15, -0.1) is 5.10 Å². The van der Waals surface area contributed by atoms with Gasteiger partial charge in [0.1, 0.15) is 5.82 Å². The third-order valence-corrected chi connectivity index (χ3v) is 4.34. The van der Waals surface area contributed by atoms with Crippen molar-refractivity contribution in [2.75, 3.05) is 6.54 Å². The first-order chi connectivity index (χ1) is 13.8. The first-order valence-corrected chi connectivity index (χ1v) is 9.09. The Morgan fingerprint density at radius 1 is 1.00 bits per heavy atom. The Kier molecular flexibility index (Phi) is 5.24. The van der Waals surface area contributed by atoms with Crippen LogP contribution in [0.2, 0.25) is 0 Å². The largest absolute Gasteiger partial charge is 0.350 e. The van der Waals surface area contributed by atoms with E-state index >= 15 is 0 Å². The van der Waals surface area contributed by atoms with Gasteiger partial charge in [-0.25, -0.2) is 4.98 Å². The molecule has 0 saturated heterocycles. The summed E-state index contributed by atoms with van der Waals surface area (Å²) in [5.74, 6) is 0.681. The highest BCUT2D eigenvalue weighted by Gasteiger charge is 2.12. The van der Waals surface area contributed by atoms with E-state index in [1.807, 2.05) is 54.7 Å². The van der Waals surface area contributed by atoms with Crippen LogP contribution in [0.1, 0.15) is 21.9 Å². The van der Waals surface area contributed by atoms with Crippen molar-refractivity contribution in [3.05, 3.63) is 96.3 Å². The molecule has 2 aromatic carbocycles. The van der Waals surface area contributed by atoms with E-state index in [-0.39, 0.29) is 11.6 Å². The molecule has 4 rings (SSSR count). The number of rotatable bonds is 7. The molecule has 0 aliphatic heterocycles. The number of carbonyl (C=O) groups is 1. The molecule has 0 aliphatic carbocycles. The molecule has 0 fully saturated rings. The summed E-state index contributed by atoms with van der Waals surface area (Å²) in [5.41, 5.74) is 2.31. The van der Waals surface area contributed by atoms with Crippen LogP contribution in [0.5, 0.6) is 0 Å². The molecule has 0 atom stereocenters. The zero-order chi connectivity index (χ0) is 19.2. The van der Waals surface area contributed by atoms with Crippen LogP contribution in [0.15, 0.2) is 79.3 Å². The Morgan fingerprint density at radius 3 is 2.54 bits per heavy atom. The standard InChI is InChI=1S/C21H20N6O/c28-21(19-15-24-27(25-19)18-9-5-2-6-10-18)23-12-11-20-22-13-14-26(20)16-17-7-3-1-4-8-17/h1-10,13-15H,11-12,16H2,(H,23,28). The van der Waals surface area contributed by atoms with E-state index in [2.05, 4.69) is 37.2 Å². The van der Waals surface area contributed by atoms with Crippen molar-refractivity contribution in [1.29, 1.82) is 0 Å². The molecule has 1 amide bonds. The zero-order valence-electron chi connectivity index (χ0n) is 15.3. The number of para-hydroxylation sites is 1. The fraction of sp³-hybridized carbons (Fsp3) is 0.143. The van der Waals surface area contributed by atoms with E-state index in [1.165, 1.54) is 16.6 Å². The van der Waals surface area contributed by atoms with Gasteiger partial charge in [0.2, 0.25) is 0 Å². The summed E-state index contributed by atoms with van der Waals surface area (Å²) >= 11 is 0. The van der Waals surface area contributed by atoms with Gasteiger partial charge in [-0.3, -0.25) is 4.79 Å². The van der Waals surface area contributed by atoms with Gasteiger partial charge in [0.25, 0.3) is 5.91 Å². The first-order valence-electron chi connectivity index (χ1n) is 9.09. The summed E-state index contributed by atoms with van der Waals surface area (Å²) in [6, 6.07) is 19.7. The molecule has 2 heterocycles. The quantitative estimate of drug-likeness (QED) is 0.541.